The van der Waals surface area contributed by atoms with Gasteiger partial charge in [-0.25, -0.2) is 0 Å². The van der Waals surface area contributed by atoms with Gasteiger partial charge in [-0.05, 0) is 38.5 Å². The van der Waals surface area contributed by atoms with E-state index in [9.17, 15) is 4.79 Å². The molecule has 0 saturated heterocycles. The van der Waals surface area contributed by atoms with Gasteiger partial charge in [0.15, 0.2) is 0 Å². The Kier molecular flexibility index (Phi) is 5.75. The molecule has 0 radical (unpaired) electrons. The molecule has 2 N–H and O–H groups in total. The molecule has 108 valence electrons. The molecule has 0 unspecified atom stereocenters. The van der Waals surface area contributed by atoms with Crippen LogP contribution in [0.15, 0.2) is 18.2 Å². The molecule has 0 atom stereocenters. The number of aryl methyl sites for hydroxylation is 1. The minimum absolute atomic E-state index is 0.0461. The number of hydrogen-bond acceptors (Lipinski definition) is 3. The number of aliphatic hydroxyl groups is 1. The van der Waals surface area contributed by atoms with Crippen molar-refractivity contribution < 1.29 is 14.6 Å². The van der Waals surface area contributed by atoms with Crippen molar-refractivity contribution in [1.82, 2.24) is 0 Å². The Hall–Kier alpha value is -1.83. The Morgan fingerprint density at radius 2 is 2.15 bits per heavy atom. The van der Waals surface area contributed by atoms with Gasteiger partial charge in [0.2, 0.25) is 0 Å². The molecule has 20 heavy (non-hydrogen) atoms. The van der Waals surface area contributed by atoms with Gasteiger partial charge in [0.05, 0.1) is 6.61 Å². The number of methoxy groups -OCH3 is 1. The zero-order valence-electron chi connectivity index (χ0n) is 12.4. The molecule has 1 aromatic carbocycles. The van der Waals surface area contributed by atoms with Crippen LogP contribution in [0.3, 0.4) is 0 Å². The lowest BCUT2D eigenvalue weighted by molar-refractivity contribution is -0.133. The number of ether oxygens (including phenoxy) is 1. The summed E-state index contributed by atoms with van der Waals surface area (Å²) in [4.78, 5) is 12.0. The van der Waals surface area contributed by atoms with E-state index in [0.717, 1.165) is 11.1 Å². The average molecular weight is 275 g/mol. The highest BCUT2D eigenvalue weighted by Crippen LogP contribution is 2.17. The number of nitrogens with one attached hydrogen (secondary N) is 1. The summed E-state index contributed by atoms with van der Waals surface area (Å²) < 4.78 is 5.14. The van der Waals surface area contributed by atoms with E-state index < -0.39 is 5.60 Å². The fourth-order valence-electron chi connectivity index (χ4n) is 1.42. The standard InChI is InChI=1S/C16H21NO3/c1-12-8-9-14(11-13(12)7-5-6-10-18)17-15(19)16(2,3)20-4/h8-9,11,18H,6,10H2,1-4H3,(H,17,19). The fraction of sp³-hybridized carbons (Fsp3) is 0.438. The maximum Gasteiger partial charge on any atom is 0.256 e. The maximum atomic E-state index is 12.0. The van der Waals surface area contributed by atoms with E-state index in [1.54, 1.807) is 13.8 Å². The number of rotatable bonds is 4. The third-order valence-corrected chi connectivity index (χ3v) is 3.01. The van der Waals surface area contributed by atoms with Gasteiger partial charge in [0.1, 0.15) is 5.60 Å². The topological polar surface area (TPSA) is 58.6 Å². The van der Waals surface area contributed by atoms with Crippen LogP contribution in [0.25, 0.3) is 0 Å². The number of carbonyl (C=O) groups is 1. The molecular weight excluding hydrogens is 254 g/mol. The predicted octanol–water partition coefficient (Wildman–Crippen LogP) is 2.09. The van der Waals surface area contributed by atoms with Crippen molar-refractivity contribution in [1.29, 1.82) is 0 Å². The molecule has 1 rings (SSSR count). The Morgan fingerprint density at radius 3 is 2.75 bits per heavy atom. The van der Waals surface area contributed by atoms with Crippen LogP contribution < -0.4 is 5.32 Å². The first-order valence-corrected chi connectivity index (χ1v) is 6.47. The highest BCUT2D eigenvalue weighted by Gasteiger charge is 2.26. The largest absolute Gasteiger partial charge is 0.395 e. The van der Waals surface area contributed by atoms with Gasteiger partial charge in [0, 0.05) is 24.8 Å². The molecule has 1 amide bonds. The van der Waals surface area contributed by atoms with Crippen molar-refractivity contribution in [3.05, 3.63) is 29.3 Å². The van der Waals surface area contributed by atoms with E-state index in [-0.39, 0.29) is 12.5 Å². The van der Waals surface area contributed by atoms with Crippen LogP contribution in [0.1, 0.15) is 31.4 Å². The highest BCUT2D eigenvalue weighted by molar-refractivity contribution is 5.96. The summed E-state index contributed by atoms with van der Waals surface area (Å²) in [6.45, 7) is 5.41. The van der Waals surface area contributed by atoms with Gasteiger partial charge >= 0.3 is 0 Å². The van der Waals surface area contributed by atoms with Crippen molar-refractivity contribution >= 4 is 11.6 Å². The number of anilines is 1. The number of carbonyl (C=O) groups excluding carboxylic acids is 1. The smallest absolute Gasteiger partial charge is 0.256 e. The second kappa shape index (κ2) is 7.09. The molecule has 0 aromatic heterocycles. The molecule has 4 heteroatoms. The molecule has 1 aromatic rings. The van der Waals surface area contributed by atoms with E-state index in [2.05, 4.69) is 17.2 Å². The van der Waals surface area contributed by atoms with E-state index in [1.165, 1.54) is 7.11 Å². The molecular formula is C16H21NO3. The van der Waals surface area contributed by atoms with Gasteiger partial charge in [0.25, 0.3) is 5.91 Å². The van der Waals surface area contributed by atoms with Crippen LogP contribution in [0, 0.1) is 18.8 Å². The van der Waals surface area contributed by atoms with Crippen molar-refractivity contribution in [3.63, 3.8) is 0 Å². The second-order valence-electron chi connectivity index (χ2n) is 4.97. The van der Waals surface area contributed by atoms with Crippen LogP contribution in [0.5, 0.6) is 0 Å². The number of hydrogen-bond donors (Lipinski definition) is 2. The quantitative estimate of drug-likeness (QED) is 0.827. The van der Waals surface area contributed by atoms with Gasteiger partial charge in [-0.1, -0.05) is 17.9 Å². The normalized spacial score (nSPS) is 10.7. The van der Waals surface area contributed by atoms with Crippen LogP contribution in [0.4, 0.5) is 5.69 Å². The molecule has 0 aliphatic carbocycles. The summed E-state index contributed by atoms with van der Waals surface area (Å²) in [6, 6.07) is 5.55. The Bertz CT molecular complexity index is 538. The van der Waals surface area contributed by atoms with Crippen LogP contribution in [-0.4, -0.2) is 30.3 Å². The molecule has 0 fully saturated rings. The van der Waals surface area contributed by atoms with Crippen LogP contribution in [-0.2, 0) is 9.53 Å². The predicted molar refractivity (Wildman–Crippen MR) is 79.5 cm³/mol. The van der Waals surface area contributed by atoms with Crippen molar-refractivity contribution in [2.24, 2.45) is 0 Å². The number of amides is 1. The summed E-state index contributed by atoms with van der Waals surface area (Å²) in [5.41, 5.74) is 1.66. The monoisotopic (exact) mass is 275 g/mol. The molecule has 0 aliphatic heterocycles. The molecule has 4 nitrogen and oxygen atoms in total. The van der Waals surface area contributed by atoms with E-state index in [1.807, 2.05) is 25.1 Å². The zero-order valence-corrected chi connectivity index (χ0v) is 12.4. The molecule has 0 heterocycles. The van der Waals surface area contributed by atoms with Gasteiger partial charge in [-0.15, -0.1) is 0 Å². The Labute approximate surface area is 120 Å². The number of benzene rings is 1. The Morgan fingerprint density at radius 1 is 1.45 bits per heavy atom. The lowest BCUT2D eigenvalue weighted by atomic mass is 10.1. The second-order valence-corrected chi connectivity index (χ2v) is 4.97. The lowest BCUT2D eigenvalue weighted by Gasteiger charge is -2.21. The van der Waals surface area contributed by atoms with E-state index >= 15 is 0 Å². The van der Waals surface area contributed by atoms with Crippen LogP contribution >= 0.6 is 0 Å². The molecule has 0 aliphatic rings. The molecule has 0 spiro atoms. The average Bonchev–Trinajstić information content (AvgIpc) is 2.42. The van der Waals surface area contributed by atoms with Crippen molar-refractivity contribution in [2.45, 2.75) is 32.8 Å². The molecule has 0 saturated carbocycles. The van der Waals surface area contributed by atoms with E-state index in [4.69, 9.17) is 9.84 Å². The molecule has 0 bridgehead atoms. The first-order chi connectivity index (χ1) is 9.40. The van der Waals surface area contributed by atoms with Crippen LogP contribution in [0.2, 0.25) is 0 Å². The summed E-state index contributed by atoms with van der Waals surface area (Å²) >= 11 is 0. The van der Waals surface area contributed by atoms with Gasteiger partial charge in [-0.3, -0.25) is 4.79 Å². The van der Waals surface area contributed by atoms with Crippen molar-refractivity contribution in [2.75, 3.05) is 19.0 Å². The SMILES string of the molecule is COC(C)(C)C(=O)Nc1ccc(C)c(C#CCCO)c1. The first-order valence-electron chi connectivity index (χ1n) is 6.47. The zero-order chi connectivity index (χ0) is 15.2. The minimum atomic E-state index is -0.881. The summed E-state index contributed by atoms with van der Waals surface area (Å²) in [5, 5.41) is 11.5. The van der Waals surface area contributed by atoms with Gasteiger partial charge in [-0.2, -0.15) is 0 Å². The van der Waals surface area contributed by atoms with Gasteiger partial charge < -0.3 is 15.2 Å². The van der Waals surface area contributed by atoms with Crippen molar-refractivity contribution in [3.8, 4) is 11.8 Å². The first kappa shape index (κ1) is 16.2. The summed E-state index contributed by atoms with van der Waals surface area (Å²) in [5.74, 6) is 5.65. The minimum Gasteiger partial charge on any atom is -0.395 e. The third-order valence-electron chi connectivity index (χ3n) is 3.01. The summed E-state index contributed by atoms with van der Waals surface area (Å²) in [7, 11) is 1.50. The third kappa shape index (κ3) is 4.37. The highest BCUT2D eigenvalue weighted by atomic mass is 16.5. The fourth-order valence-corrected chi connectivity index (χ4v) is 1.42. The lowest BCUT2D eigenvalue weighted by Crippen LogP contribution is -2.38. The maximum absolute atomic E-state index is 12.0. The summed E-state index contributed by atoms with van der Waals surface area (Å²) in [6.07, 6.45) is 0.437. The Balaban J connectivity index is 2.91. The number of aliphatic hydroxyl groups excluding tert-OH is 1. The van der Waals surface area contributed by atoms with E-state index in [0.29, 0.717) is 12.1 Å².